The minimum Gasteiger partial charge on any atom is -0.495 e. The Labute approximate surface area is 147 Å². The first-order valence-electron chi connectivity index (χ1n) is 7.32. The van der Waals surface area contributed by atoms with E-state index in [2.05, 4.69) is 4.72 Å². The fourth-order valence-electron chi connectivity index (χ4n) is 2.20. The number of sulfonamides is 1. The van der Waals surface area contributed by atoms with Gasteiger partial charge in [0.25, 0.3) is 10.0 Å². The summed E-state index contributed by atoms with van der Waals surface area (Å²) in [6.07, 6.45) is 0. The first-order valence-corrected chi connectivity index (χ1v) is 9.19. The summed E-state index contributed by atoms with van der Waals surface area (Å²) in [4.78, 5) is 0.0862. The van der Waals surface area contributed by atoms with Gasteiger partial charge in [0.05, 0.1) is 24.9 Å². The first-order chi connectivity index (χ1) is 11.3. The molecule has 2 aromatic carbocycles. The van der Waals surface area contributed by atoms with E-state index < -0.39 is 10.0 Å². The minimum absolute atomic E-state index is 0.0862. The fourth-order valence-corrected chi connectivity index (χ4v) is 3.71. The highest BCUT2D eigenvalue weighted by Crippen LogP contribution is 2.32. The molecule has 0 saturated carbocycles. The lowest BCUT2D eigenvalue weighted by molar-refractivity contribution is 0.402. The predicted octanol–water partition coefficient (Wildman–Crippen LogP) is 4.28. The molecule has 0 atom stereocenters. The van der Waals surface area contributed by atoms with Crippen LogP contribution in [0, 0.1) is 0 Å². The average Bonchev–Trinajstić information content (AvgIpc) is 2.54. The summed E-state index contributed by atoms with van der Waals surface area (Å²) in [5, 5.41) is 0.320. The standard InChI is InChI=1S/C17H20ClNO4S/c1-11(2)12-5-7-16(23-4)17(9-12)24(20,21)19-13-6-8-15(22-3)14(18)10-13/h5-11,19H,1-4H3. The maximum Gasteiger partial charge on any atom is 0.265 e. The van der Waals surface area contributed by atoms with Crippen molar-refractivity contribution in [2.24, 2.45) is 0 Å². The van der Waals surface area contributed by atoms with Crippen molar-refractivity contribution in [3.8, 4) is 11.5 Å². The fraction of sp³-hybridized carbons (Fsp3) is 0.294. The van der Waals surface area contributed by atoms with Crippen molar-refractivity contribution >= 4 is 27.3 Å². The number of nitrogens with one attached hydrogen (secondary N) is 1. The maximum absolute atomic E-state index is 12.8. The van der Waals surface area contributed by atoms with Crippen molar-refractivity contribution in [2.75, 3.05) is 18.9 Å². The van der Waals surface area contributed by atoms with Gasteiger partial charge in [0.2, 0.25) is 0 Å². The SMILES string of the molecule is COc1ccc(NS(=O)(=O)c2cc(C(C)C)ccc2OC)cc1Cl. The summed E-state index contributed by atoms with van der Waals surface area (Å²) < 4.78 is 38.3. The highest BCUT2D eigenvalue weighted by molar-refractivity contribution is 7.92. The molecule has 7 heteroatoms. The van der Waals surface area contributed by atoms with Crippen LogP contribution in [0.2, 0.25) is 5.02 Å². The van der Waals surface area contributed by atoms with E-state index in [0.717, 1.165) is 5.56 Å². The van der Waals surface area contributed by atoms with Crippen molar-refractivity contribution in [2.45, 2.75) is 24.7 Å². The van der Waals surface area contributed by atoms with Gasteiger partial charge >= 0.3 is 0 Å². The molecule has 0 aliphatic carbocycles. The normalized spacial score (nSPS) is 11.4. The largest absolute Gasteiger partial charge is 0.495 e. The molecule has 24 heavy (non-hydrogen) atoms. The van der Waals surface area contributed by atoms with Crippen LogP contribution in [0.3, 0.4) is 0 Å². The van der Waals surface area contributed by atoms with Crippen molar-refractivity contribution < 1.29 is 17.9 Å². The van der Waals surface area contributed by atoms with Crippen LogP contribution in [0.5, 0.6) is 11.5 Å². The molecule has 2 rings (SSSR count). The van der Waals surface area contributed by atoms with E-state index in [-0.39, 0.29) is 16.6 Å². The Morgan fingerprint density at radius 1 is 1.00 bits per heavy atom. The van der Waals surface area contributed by atoms with Gasteiger partial charge in [-0.1, -0.05) is 31.5 Å². The minimum atomic E-state index is -3.82. The van der Waals surface area contributed by atoms with Gasteiger partial charge in [-0.3, -0.25) is 4.72 Å². The lowest BCUT2D eigenvalue weighted by atomic mass is 10.0. The molecule has 0 spiro atoms. The van der Waals surface area contributed by atoms with Crippen LogP contribution in [0.4, 0.5) is 5.69 Å². The van der Waals surface area contributed by atoms with Gasteiger partial charge in [-0.15, -0.1) is 0 Å². The molecule has 0 aliphatic rings. The Balaban J connectivity index is 2.43. The number of hydrogen-bond acceptors (Lipinski definition) is 4. The Bertz CT molecular complexity index is 834. The summed E-state index contributed by atoms with van der Waals surface area (Å²) in [6, 6.07) is 9.81. The summed E-state index contributed by atoms with van der Waals surface area (Å²) in [5.41, 5.74) is 1.25. The molecule has 0 saturated heterocycles. The number of benzene rings is 2. The van der Waals surface area contributed by atoms with E-state index in [1.165, 1.54) is 20.3 Å². The van der Waals surface area contributed by atoms with Crippen molar-refractivity contribution in [3.63, 3.8) is 0 Å². The molecule has 0 bridgehead atoms. The van der Waals surface area contributed by atoms with Gasteiger partial charge in [-0.25, -0.2) is 8.42 Å². The van der Waals surface area contributed by atoms with Gasteiger partial charge < -0.3 is 9.47 Å². The zero-order valence-electron chi connectivity index (χ0n) is 14.0. The first kappa shape index (κ1) is 18.4. The second kappa shape index (κ2) is 7.32. The van der Waals surface area contributed by atoms with Crippen LogP contribution >= 0.6 is 11.6 Å². The van der Waals surface area contributed by atoms with Crippen LogP contribution in [0.15, 0.2) is 41.3 Å². The number of hydrogen-bond donors (Lipinski definition) is 1. The van der Waals surface area contributed by atoms with Crippen molar-refractivity contribution in [1.82, 2.24) is 0 Å². The number of methoxy groups -OCH3 is 2. The lowest BCUT2D eigenvalue weighted by Crippen LogP contribution is -2.14. The zero-order chi connectivity index (χ0) is 17.9. The van der Waals surface area contributed by atoms with Crippen molar-refractivity contribution in [3.05, 3.63) is 47.0 Å². The number of rotatable bonds is 6. The Morgan fingerprint density at radius 2 is 1.62 bits per heavy atom. The summed E-state index contributed by atoms with van der Waals surface area (Å²) in [5.74, 6) is 0.950. The van der Waals surface area contributed by atoms with Crippen LogP contribution in [0.1, 0.15) is 25.3 Å². The van der Waals surface area contributed by atoms with Crippen LogP contribution in [-0.4, -0.2) is 22.6 Å². The molecule has 130 valence electrons. The third kappa shape index (κ3) is 3.94. The molecule has 0 amide bonds. The van der Waals surface area contributed by atoms with Crippen LogP contribution < -0.4 is 14.2 Å². The van der Waals surface area contributed by atoms with E-state index >= 15 is 0 Å². The molecule has 0 aromatic heterocycles. The highest BCUT2D eigenvalue weighted by atomic mass is 35.5. The van der Waals surface area contributed by atoms with E-state index in [0.29, 0.717) is 16.5 Å². The summed E-state index contributed by atoms with van der Waals surface area (Å²) in [7, 11) is -0.891. The Kier molecular flexibility index (Phi) is 5.62. The summed E-state index contributed by atoms with van der Waals surface area (Å²) >= 11 is 6.05. The van der Waals surface area contributed by atoms with E-state index in [1.807, 2.05) is 19.9 Å². The predicted molar refractivity (Wildman–Crippen MR) is 95.9 cm³/mol. The maximum atomic E-state index is 12.8. The molecular formula is C17H20ClNO4S. The van der Waals surface area contributed by atoms with E-state index in [4.69, 9.17) is 21.1 Å². The quantitative estimate of drug-likeness (QED) is 0.825. The van der Waals surface area contributed by atoms with Gasteiger partial charge in [0.15, 0.2) is 0 Å². The van der Waals surface area contributed by atoms with Gasteiger partial charge in [-0.05, 0) is 41.8 Å². The zero-order valence-corrected chi connectivity index (χ0v) is 15.5. The highest BCUT2D eigenvalue weighted by Gasteiger charge is 2.21. The second-order valence-corrected chi connectivity index (χ2v) is 7.58. The van der Waals surface area contributed by atoms with Crippen LogP contribution in [-0.2, 0) is 10.0 Å². The smallest absolute Gasteiger partial charge is 0.265 e. The topological polar surface area (TPSA) is 64.6 Å². The Hall–Kier alpha value is -1.92. The molecular weight excluding hydrogens is 350 g/mol. The average molecular weight is 370 g/mol. The molecule has 1 N–H and O–H groups in total. The van der Waals surface area contributed by atoms with Gasteiger partial charge in [0, 0.05) is 0 Å². The van der Waals surface area contributed by atoms with Gasteiger partial charge in [0.1, 0.15) is 16.4 Å². The molecule has 0 fully saturated rings. The van der Waals surface area contributed by atoms with Gasteiger partial charge in [-0.2, -0.15) is 0 Å². The van der Waals surface area contributed by atoms with E-state index in [9.17, 15) is 8.42 Å². The number of halogens is 1. The summed E-state index contributed by atoms with van der Waals surface area (Å²) in [6.45, 7) is 3.99. The lowest BCUT2D eigenvalue weighted by Gasteiger charge is -2.15. The molecule has 5 nitrogen and oxygen atoms in total. The molecule has 0 aliphatic heterocycles. The molecule has 2 aromatic rings. The molecule has 0 radical (unpaired) electrons. The number of ether oxygens (including phenoxy) is 2. The van der Waals surface area contributed by atoms with E-state index in [1.54, 1.807) is 24.3 Å². The molecule has 0 unspecified atom stereocenters. The van der Waals surface area contributed by atoms with Crippen LogP contribution in [0.25, 0.3) is 0 Å². The number of anilines is 1. The second-order valence-electron chi connectivity index (χ2n) is 5.52. The monoisotopic (exact) mass is 369 g/mol. The molecule has 0 heterocycles. The third-order valence-electron chi connectivity index (χ3n) is 3.55. The third-order valence-corrected chi connectivity index (χ3v) is 5.25. The van der Waals surface area contributed by atoms with Crippen molar-refractivity contribution in [1.29, 1.82) is 0 Å². The Morgan fingerprint density at radius 3 is 2.17 bits per heavy atom.